The number of amides is 1. The molecule has 3 aromatic heterocycles. The van der Waals surface area contributed by atoms with Crippen LogP contribution in [0.4, 0.5) is 10.1 Å². The number of alkyl halides is 1. The lowest BCUT2D eigenvalue weighted by atomic mass is 9.83. The zero-order valence-electron chi connectivity index (χ0n) is 20.6. The molecule has 0 radical (unpaired) electrons. The van der Waals surface area contributed by atoms with Crippen molar-refractivity contribution in [2.45, 2.75) is 69.9 Å². The van der Waals surface area contributed by atoms with Crippen molar-refractivity contribution in [1.29, 1.82) is 5.26 Å². The third-order valence-corrected chi connectivity index (χ3v) is 6.67. The third-order valence-electron chi connectivity index (χ3n) is 6.67. The Morgan fingerprint density at radius 2 is 2.06 bits per heavy atom. The van der Waals surface area contributed by atoms with Crippen LogP contribution in [-0.2, 0) is 0 Å². The minimum atomic E-state index is -1.64. The Morgan fingerprint density at radius 1 is 1.33 bits per heavy atom. The first-order valence-corrected chi connectivity index (χ1v) is 12.0. The molecule has 10 heteroatoms. The molecule has 1 saturated carbocycles. The molecule has 0 saturated heterocycles. The number of pyridine rings is 1. The van der Waals surface area contributed by atoms with E-state index in [1.165, 1.54) is 26.2 Å². The summed E-state index contributed by atoms with van der Waals surface area (Å²) < 4.78 is 15.9. The number of halogens is 1. The smallest absolute Gasteiger partial charge is 0.255 e. The maximum atomic E-state index is 14.2. The fourth-order valence-corrected chi connectivity index (χ4v) is 4.28. The minimum Gasteiger partial charge on any atom is -0.390 e. The molecule has 4 rings (SSSR count). The van der Waals surface area contributed by atoms with Gasteiger partial charge in [0.15, 0.2) is 0 Å². The van der Waals surface area contributed by atoms with Gasteiger partial charge >= 0.3 is 0 Å². The Labute approximate surface area is 209 Å². The molecular weight excluding hydrogens is 463 g/mol. The van der Waals surface area contributed by atoms with Crippen molar-refractivity contribution in [2.24, 2.45) is 0 Å². The highest BCUT2D eigenvalue weighted by molar-refractivity contribution is 6.00. The van der Waals surface area contributed by atoms with Gasteiger partial charge in [0.05, 0.1) is 57.7 Å². The standard InChI is InChI=1S/C26H31FN6O3/c1-25(2,35)23(27)15-30-24(34)19-14-29-21(11-20(19)32-17-6-8-26(3,36)9-7-17)22-5-4-18-10-16(12-28)13-31-33(18)22/h4-5,10-11,13-14,17,23,35-36H,6-9,15H2,1-3H3,(H,29,32)(H,30,34)/t17-,23-,26-/m1/s1. The van der Waals surface area contributed by atoms with Crippen molar-refractivity contribution in [3.05, 3.63) is 47.8 Å². The Morgan fingerprint density at radius 3 is 2.72 bits per heavy atom. The van der Waals surface area contributed by atoms with Gasteiger partial charge in [0, 0.05) is 12.2 Å². The zero-order valence-corrected chi connectivity index (χ0v) is 20.6. The van der Waals surface area contributed by atoms with Crippen molar-refractivity contribution in [3.63, 3.8) is 0 Å². The largest absolute Gasteiger partial charge is 0.390 e. The number of anilines is 1. The fraction of sp³-hybridized carbons (Fsp3) is 0.462. The van der Waals surface area contributed by atoms with Gasteiger partial charge in [0.2, 0.25) is 0 Å². The molecule has 0 aliphatic heterocycles. The summed E-state index contributed by atoms with van der Waals surface area (Å²) in [5.74, 6) is -0.511. The Bertz CT molecular complexity index is 1300. The quantitative estimate of drug-likeness (QED) is 0.396. The molecular formula is C26H31FN6O3. The Hall–Kier alpha value is -3.55. The van der Waals surface area contributed by atoms with Gasteiger partial charge in [-0.1, -0.05) is 0 Å². The van der Waals surface area contributed by atoms with Crippen LogP contribution in [0.3, 0.4) is 0 Å². The summed E-state index contributed by atoms with van der Waals surface area (Å²) in [7, 11) is 0. The van der Waals surface area contributed by atoms with E-state index >= 15 is 0 Å². The molecule has 9 nitrogen and oxygen atoms in total. The van der Waals surface area contributed by atoms with Crippen LogP contribution in [0, 0.1) is 11.3 Å². The van der Waals surface area contributed by atoms with Gasteiger partial charge in [0.1, 0.15) is 12.2 Å². The third kappa shape index (κ3) is 5.64. The second-order valence-electron chi connectivity index (χ2n) is 10.3. The van der Waals surface area contributed by atoms with Crippen LogP contribution in [0.5, 0.6) is 0 Å². The normalized spacial score (nSPS) is 21.1. The van der Waals surface area contributed by atoms with Crippen LogP contribution in [0.1, 0.15) is 62.4 Å². The van der Waals surface area contributed by atoms with Crippen molar-refractivity contribution < 1.29 is 19.4 Å². The van der Waals surface area contributed by atoms with Gasteiger partial charge in [-0.05, 0) is 70.7 Å². The van der Waals surface area contributed by atoms with E-state index in [1.54, 1.807) is 16.6 Å². The SMILES string of the molecule is CC(C)(O)[C@H](F)CNC(=O)c1cnc(-c2ccc3cc(C#N)cnn23)cc1N[C@H]1CC[C@](C)(O)CC1. The average Bonchev–Trinajstić information content (AvgIpc) is 3.26. The van der Waals surface area contributed by atoms with Gasteiger partial charge < -0.3 is 20.8 Å². The molecule has 1 aliphatic rings. The van der Waals surface area contributed by atoms with Gasteiger partial charge in [-0.3, -0.25) is 9.78 Å². The van der Waals surface area contributed by atoms with Crippen LogP contribution < -0.4 is 10.6 Å². The van der Waals surface area contributed by atoms with Gasteiger partial charge in [-0.2, -0.15) is 10.4 Å². The number of carbonyl (C=O) groups excluding carboxylic acids is 1. The van der Waals surface area contributed by atoms with Crippen molar-refractivity contribution in [2.75, 3.05) is 11.9 Å². The second-order valence-corrected chi connectivity index (χ2v) is 10.3. The topological polar surface area (TPSA) is 136 Å². The van der Waals surface area contributed by atoms with E-state index in [2.05, 4.69) is 26.8 Å². The lowest BCUT2D eigenvalue weighted by molar-refractivity contribution is -0.00178. The number of fused-ring (bicyclic) bond motifs is 1. The highest BCUT2D eigenvalue weighted by Crippen LogP contribution is 2.32. The number of carbonyl (C=O) groups is 1. The number of nitriles is 1. The van der Waals surface area contributed by atoms with E-state index in [9.17, 15) is 19.4 Å². The Balaban J connectivity index is 1.65. The summed E-state index contributed by atoms with van der Waals surface area (Å²) >= 11 is 0. The molecule has 0 aromatic carbocycles. The summed E-state index contributed by atoms with van der Waals surface area (Å²) in [5.41, 5.74) is 0.927. The van der Waals surface area contributed by atoms with Gasteiger partial charge in [-0.25, -0.2) is 8.91 Å². The highest BCUT2D eigenvalue weighted by atomic mass is 19.1. The number of rotatable bonds is 7. The Kier molecular flexibility index (Phi) is 6.98. The molecule has 190 valence electrons. The molecule has 0 bridgehead atoms. The number of aliphatic hydroxyl groups is 2. The van der Waals surface area contributed by atoms with Crippen molar-refractivity contribution in [1.82, 2.24) is 19.9 Å². The lowest BCUT2D eigenvalue weighted by Gasteiger charge is -2.34. The number of hydrogen-bond donors (Lipinski definition) is 4. The molecule has 3 aromatic rings. The monoisotopic (exact) mass is 494 g/mol. The first-order chi connectivity index (χ1) is 17.0. The predicted molar refractivity (Wildman–Crippen MR) is 133 cm³/mol. The molecule has 4 N–H and O–H groups in total. The van der Waals surface area contributed by atoms with Crippen LogP contribution in [-0.4, -0.2) is 60.7 Å². The van der Waals surface area contributed by atoms with Crippen LogP contribution in [0.2, 0.25) is 0 Å². The van der Waals surface area contributed by atoms with E-state index in [0.29, 0.717) is 35.5 Å². The predicted octanol–water partition coefficient (Wildman–Crippen LogP) is 3.21. The minimum absolute atomic E-state index is 0.0395. The van der Waals surface area contributed by atoms with Crippen LogP contribution in [0.25, 0.3) is 16.9 Å². The summed E-state index contributed by atoms with van der Waals surface area (Å²) in [6.45, 7) is 4.18. The molecule has 0 unspecified atom stereocenters. The summed E-state index contributed by atoms with van der Waals surface area (Å²) in [4.78, 5) is 17.5. The highest BCUT2D eigenvalue weighted by Gasteiger charge is 2.30. The second kappa shape index (κ2) is 9.84. The van der Waals surface area contributed by atoms with E-state index in [4.69, 9.17) is 5.26 Å². The number of nitrogens with zero attached hydrogens (tertiary/aromatic N) is 4. The average molecular weight is 495 g/mol. The maximum Gasteiger partial charge on any atom is 0.255 e. The van der Waals surface area contributed by atoms with Crippen molar-refractivity contribution in [3.8, 4) is 17.5 Å². The van der Waals surface area contributed by atoms with Crippen LogP contribution in [0.15, 0.2) is 36.7 Å². The van der Waals surface area contributed by atoms with E-state index < -0.39 is 23.3 Å². The van der Waals surface area contributed by atoms with E-state index in [1.807, 2.05) is 19.1 Å². The van der Waals surface area contributed by atoms with Crippen LogP contribution >= 0.6 is 0 Å². The molecule has 0 spiro atoms. The van der Waals surface area contributed by atoms with Gasteiger partial charge in [0.25, 0.3) is 5.91 Å². The lowest BCUT2D eigenvalue weighted by Crippen LogP contribution is -2.42. The summed E-state index contributed by atoms with van der Waals surface area (Å²) in [6.07, 6.45) is 3.99. The first kappa shape index (κ1) is 25.5. The number of nitrogens with one attached hydrogen (secondary N) is 2. The van der Waals surface area contributed by atoms with Crippen molar-refractivity contribution >= 4 is 17.1 Å². The summed E-state index contributed by atoms with van der Waals surface area (Å²) in [5, 5.41) is 39.6. The first-order valence-electron chi connectivity index (χ1n) is 12.0. The molecule has 1 atom stereocenters. The van der Waals surface area contributed by atoms with Gasteiger partial charge in [-0.15, -0.1) is 0 Å². The van der Waals surface area contributed by atoms with E-state index in [0.717, 1.165) is 18.4 Å². The zero-order chi connectivity index (χ0) is 26.1. The fourth-order valence-electron chi connectivity index (χ4n) is 4.28. The number of aromatic nitrogens is 3. The molecule has 3 heterocycles. The number of hydrogen-bond acceptors (Lipinski definition) is 7. The molecule has 1 amide bonds. The maximum absolute atomic E-state index is 14.2. The van der Waals surface area contributed by atoms with E-state index in [-0.39, 0.29) is 18.2 Å². The molecule has 36 heavy (non-hydrogen) atoms. The molecule has 1 aliphatic carbocycles. The molecule has 1 fully saturated rings. The summed E-state index contributed by atoms with van der Waals surface area (Å²) in [6, 6.07) is 9.26.